The van der Waals surface area contributed by atoms with Crippen LogP contribution in [0.2, 0.25) is 0 Å². The van der Waals surface area contributed by atoms with E-state index in [1.54, 1.807) is 0 Å². The lowest BCUT2D eigenvalue weighted by Crippen LogP contribution is -2.65. The van der Waals surface area contributed by atoms with Crippen molar-refractivity contribution in [3.8, 4) is 0 Å². The summed E-state index contributed by atoms with van der Waals surface area (Å²) in [5.74, 6) is 0. The lowest BCUT2D eigenvalue weighted by molar-refractivity contribution is -0.190. The summed E-state index contributed by atoms with van der Waals surface area (Å²) in [5, 5.41) is 38.5. The Morgan fingerprint density at radius 1 is 1.25 bits per heavy atom. The molecule has 0 unspecified atom stereocenters. The van der Waals surface area contributed by atoms with Crippen molar-refractivity contribution in [2.24, 2.45) is 4.99 Å². The highest BCUT2D eigenvalue weighted by molar-refractivity contribution is 5.76. The molecule has 0 aromatic carbocycles. The summed E-state index contributed by atoms with van der Waals surface area (Å²) in [6.07, 6.45) is -5.28. The summed E-state index contributed by atoms with van der Waals surface area (Å²) in [6, 6.07) is -0.372. The van der Waals surface area contributed by atoms with Crippen LogP contribution in [0.5, 0.6) is 0 Å². The van der Waals surface area contributed by atoms with Crippen molar-refractivity contribution in [1.29, 1.82) is 0 Å². The molecular formula is C9H16N2O5. The number of rotatable bonds is 1. The van der Waals surface area contributed by atoms with Crippen molar-refractivity contribution in [3.63, 3.8) is 0 Å². The monoisotopic (exact) mass is 232 g/mol. The zero-order valence-corrected chi connectivity index (χ0v) is 8.89. The van der Waals surface area contributed by atoms with Gasteiger partial charge in [0.1, 0.15) is 24.9 Å². The van der Waals surface area contributed by atoms with Crippen molar-refractivity contribution < 1.29 is 25.2 Å². The van der Waals surface area contributed by atoms with E-state index in [0.29, 0.717) is 6.54 Å². The Morgan fingerprint density at radius 3 is 2.56 bits per heavy atom. The molecule has 7 heteroatoms. The molecule has 0 radical (unpaired) electrons. The first kappa shape index (κ1) is 11.6. The van der Waals surface area contributed by atoms with E-state index in [4.69, 9.17) is 4.74 Å². The van der Waals surface area contributed by atoms with Gasteiger partial charge in [0.15, 0.2) is 6.23 Å². The molecule has 0 saturated carbocycles. The van der Waals surface area contributed by atoms with Gasteiger partial charge in [-0.05, 0) is 6.92 Å². The van der Waals surface area contributed by atoms with Gasteiger partial charge in [0.25, 0.3) is 6.02 Å². The molecule has 92 valence electrons. The van der Waals surface area contributed by atoms with Crippen LogP contribution in [0.4, 0.5) is 0 Å². The van der Waals surface area contributed by atoms with Gasteiger partial charge in [0.05, 0.1) is 6.04 Å². The first-order valence-electron chi connectivity index (χ1n) is 5.25. The molecule has 2 aliphatic heterocycles. The molecular weight excluding hydrogens is 216 g/mol. The predicted molar refractivity (Wildman–Crippen MR) is 53.6 cm³/mol. The molecule has 2 rings (SSSR count). The molecule has 2 saturated heterocycles. The predicted octanol–water partition coefficient (Wildman–Crippen LogP) is -2.52. The van der Waals surface area contributed by atoms with Crippen LogP contribution < -0.4 is 0 Å². The van der Waals surface area contributed by atoms with Gasteiger partial charge >= 0.3 is 0 Å². The summed E-state index contributed by atoms with van der Waals surface area (Å²) in [5.41, 5.74) is 0. The minimum absolute atomic E-state index is 0.140. The highest BCUT2D eigenvalue weighted by Gasteiger charge is 2.52. The molecule has 0 aliphatic carbocycles. The van der Waals surface area contributed by atoms with Crippen LogP contribution in [0.25, 0.3) is 0 Å². The van der Waals surface area contributed by atoms with E-state index in [9.17, 15) is 20.4 Å². The molecule has 7 nitrogen and oxygen atoms in total. The minimum Gasteiger partial charge on any atom is -0.463 e. The zero-order valence-electron chi connectivity index (χ0n) is 8.89. The summed E-state index contributed by atoms with van der Waals surface area (Å²) in [7, 11) is 0. The zero-order chi connectivity index (χ0) is 11.9. The fourth-order valence-corrected chi connectivity index (χ4v) is 2.06. The molecule has 5 atom stereocenters. The second-order valence-electron chi connectivity index (χ2n) is 3.93. The minimum atomic E-state index is -1.44. The number of fused-ring (bicyclic) bond motifs is 1. The summed E-state index contributed by atoms with van der Waals surface area (Å²) in [4.78, 5) is 5.32. The second-order valence-corrected chi connectivity index (χ2v) is 3.93. The first-order chi connectivity index (χ1) is 7.57. The maximum atomic E-state index is 9.78. The van der Waals surface area contributed by atoms with E-state index in [1.807, 2.05) is 6.92 Å². The Labute approximate surface area is 92.6 Å². The fraction of sp³-hybridized carbons (Fsp3) is 0.889. The largest absolute Gasteiger partial charge is 0.463 e. The SMILES string of the molecule is CCN=C1OC[C@@H]2[C@@H](O)[C@H](O)[C@@H](O)[C@H](O)N12. The van der Waals surface area contributed by atoms with E-state index in [0.717, 1.165) is 0 Å². The average Bonchev–Trinajstić information content (AvgIpc) is 2.68. The van der Waals surface area contributed by atoms with Crippen LogP contribution in [-0.4, -0.2) is 75.1 Å². The Balaban J connectivity index is 2.26. The third kappa shape index (κ3) is 1.56. The summed E-state index contributed by atoms with van der Waals surface area (Å²) < 4.78 is 5.21. The van der Waals surface area contributed by atoms with Crippen molar-refractivity contribution in [2.75, 3.05) is 13.2 Å². The molecule has 0 aromatic heterocycles. The molecule has 0 spiro atoms. The summed E-state index contributed by atoms with van der Waals surface area (Å²) >= 11 is 0. The highest BCUT2D eigenvalue weighted by Crippen LogP contribution is 2.28. The standard InChI is InChI=1S/C9H16N2O5/c1-2-10-9-11-4(3-16-9)5(12)6(13)7(14)8(11)15/h4-8,12-15H,2-3H2,1H3/t4-,5-,6+,7-,8+/m1/s1. The lowest BCUT2D eigenvalue weighted by Gasteiger charge is -2.42. The van der Waals surface area contributed by atoms with Gasteiger partial charge in [0, 0.05) is 6.54 Å². The number of hydrogen-bond acceptors (Lipinski definition) is 6. The van der Waals surface area contributed by atoms with E-state index in [-0.39, 0.29) is 12.6 Å². The van der Waals surface area contributed by atoms with Gasteiger partial charge in [0.2, 0.25) is 0 Å². The molecule has 2 heterocycles. The van der Waals surface area contributed by atoms with Crippen LogP contribution >= 0.6 is 0 Å². The third-order valence-electron chi connectivity index (χ3n) is 2.94. The molecule has 0 aromatic rings. The van der Waals surface area contributed by atoms with Crippen molar-refractivity contribution in [2.45, 2.75) is 37.5 Å². The quantitative estimate of drug-likeness (QED) is 0.397. The molecule has 2 aliphatic rings. The highest BCUT2D eigenvalue weighted by atomic mass is 16.5. The first-order valence-corrected chi connectivity index (χ1v) is 5.25. The Morgan fingerprint density at radius 2 is 1.94 bits per heavy atom. The van der Waals surface area contributed by atoms with E-state index >= 15 is 0 Å². The Hall–Kier alpha value is -0.890. The molecule has 0 amide bonds. The van der Waals surface area contributed by atoms with Crippen LogP contribution in [0, 0.1) is 0 Å². The van der Waals surface area contributed by atoms with Crippen molar-refractivity contribution >= 4 is 6.02 Å². The smallest absolute Gasteiger partial charge is 0.289 e. The van der Waals surface area contributed by atoms with Gasteiger partial charge in [-0.25, -0.2) is 4.99 Å². The van der Waals surface area contributed by atoms with Crippen LogP contribution in [0.1, 0.15) is 6.92 Å². The van der Waals surface area contributed by atoms with Crippen molar-refractivity contribution in [1.82, 2.24) is 4.90 Å². The lowest BCUT2D eigenvalue weighted by atomic mass is 9.94. The number of nitrogens with zero attached hydrogens (tertiary/aromatic N) is 2. The molecule has 0 bridgehead atoms. The van der Waals surface area contributed by atoms with Crippen LogP contribution in [-0.2, 0) is 4.74 Å². The number of aliphatic imine (C=N–C) groups is 1. The molecule has 2 fully saturated rings. The third-order valence-corrected chi connectivity index (χ3v) is 2.94. The average molecular weight is 232 g/mol. The van der Waals surface area contributed by atoms with Crippen LogP contribution in [0.15, 0.2) is 4.99 Å². The number of piperidine rings is 1. The Bertz CT molecular complexity index is 298. The summed E-state index contributed by atoms with van der Waals surface area (Å²) in [6.45, 7) is 2.42. The number of hydrogen-bond donors (Lipinski definition) is 4. The fourth-order valence-electron chi connectivity index (χ4n) is 2.06. The maximum Gasteiger partial charge on any atom is 0.289 e. The number of ether oxygens (including phenoxy) is 1. The van der Waals surface area contributed by atoms with E-state index in [1.165, 1.54) is 4.90 Å². The van der Waals surface area contributed by atoms with Crippen molar-refractivity contribution in [3.05, 3.63) is 0 Å². The van der Waals surface area contributed by atoms with Gasteiger partial charge in [-0.3, -0.25) is 4.90 Å². The topological polar surface area (TPSA) is 106 Å². The van der Waals surface area contributed by atoms with Crippen LogP contribution in [0.3, 0.4) is 0 Å². The second kappa shape index (κ2) is 4.17. The van der Waals surface area contributed by atoms with E-state index < -0.39 is 30.6 Å². The van der Waals surface area contributed by atoms with Gasteiger partial charge in [-0.15, -0.1) is 0 Å². The molecule has 16 heavy (non-hydrogen) atoms. The van der Waals surface area contributed by atoms with Gasteiger partial charge < -0.3 is 25.2 Å². The Kier molecular flexibility index (Phi) is 3.02. The normalized spacial score (nSPS) is 45.7. The number of amidine groups is 1. The van der Waals surface area contributed by atoms with Gasteiger partial charge in [-0.2, -0.15) is 0 Å². The molecule has 4 N–H and O–H groups in total. The van der Waals surface area contributed by atoms with E-state index in [2.05, 4.69) is 4.99 Å². The maximum absolute atomic E-state index is 9.78. The number of aliphatic hydroxyl groups is 4. The van der Waals surface area contributed by atoms with Gasteiger partial charge in [-0.1, -0.05) is 0 Å². The number of aliphatic hydroxyl groups excluding tert-OH is 4.